The third-order valence-corrected chi connectivity index (χ3v) is 4.43. The lowest BCUT2D eigenvalue weighted by Crippen LogP contribution is -2.14. The first-order valence-electron chi connectivity index (χ1n) is 5.96. The summed E-state index contributed by atoms with van der Waals surface area (Å²) in [6.45, 7) is 2.09. The molecule has 4 heteroatoms. The van der Waals surface area contributed by atoms with Gasteiger partial charge in [-0.3, -0.25) is 4.79 Å². The standard InChI is InChI=1S/C15H13I2NO/c1-2-10-9-11(16)7-8-14(10)18-15(19)12-5-3-4-6-13(12)17/h3-9H,2H2,1H3,(H,18,19). The molecule has 0 atom stereocenters. The fourth-order valence-electron chi connectivity index (χ4n) is 1.81. The van der Waals surface area contributed by atoms with Crippen molar-refractivity contribution in [2.24, 2.45) is 0 Å². The van der Waals surface area contributed by atoms with E-state index in [4.69, 9.17) is 0 Å². The summed E-state index contributed by atoms with van der Waals surface area (Å²) < 4.78 is 2.14. The summed E-state index contributed by atoms with van der Waals surface area (Å²) in [5.74, 6) is -0.0547. The number of carbonyl (C=O) groups excluding carboxylic acids is 1. The van der Waals surface area contributed by atoms with Gasteiger partial charge in [-0.1, -0.05) is 19.1 Å². The lowest BCUT2D eigenvalue weighted by atomic mass is 10.1. The van der Waals surface area contributed by atoms with Crippen LogP contribution in [0.5, 0.6) is 0 Å². The van der Waals surface area contributed by atoms with Crippen molar-refractivity contribution < 1.29 is 4.79 Å². The summed E-state index contributed by atoms with van der Waals surface area (Å²) in [6, 6.07) is 13.7. The van der Waals surface area contributed by atoms with Crippen LogP contribution in [-0.4, -0.2) is 5.91 Å². The number of halogens is 2. The van der Waals surface area contributed by atoms with Gasteiger partial charge in [-0.25, -0.2) is 0 Å². The smallest absolute Gasteiger partial charge is 0.256 e. The Balaban J connectivity index is 2.27. The van der Waals surface area contributed by atoms with Crippen LogP contribution < -0.4 is 5.32 Å². The molecule has 0 aliphatic rings. The molecular formula is C15H13I2NO. The third-order valence-electron chi connectivity index (χ3n) is 2.81. The van der Waals surface area contributed by atoms with E-state index in [0.29, 0.717) is 5.56 Å². The predicted octanol–water partition coefficient (Wildman–Crippen LogP) is 4.71. The molecule has 1 amide bonds. The molecule has 0 aromatic heterocycles. The number of aryl methyl sites for hydroxylation is 1. The number of rotatable bonds is 3. The second-order valence-electron chi connectivity index (χ2n) is 4.09. The molecular weight excluding hydrogens is 464 g/mol. The van der Waals surface area contributed by atoms with E-state index in [2.05, 4.69) is 63.5 Å². The molecule has 1 N–H and O–H groups in total. The van der Waals surface area contributed by atoms with Crippen molar-refractivity contribution >= 4 is 56.8 Å². The largest absolute Gasteiger partial charge is 0.322 e. The highest BCUT2D eigenvalue weighted by atomic mass is 127. The Hall–Kier alpha value is -0.630. The molecule has 19 heavy (non-hydrogen) atoms. The summed E-state index contributed by atoms with van der Waals surface area (Å²) in [6.07, 6.45) is 0.901. The first-order valence-corrected chi connectivity index (χ1v) is 8.12. The number of anilines is 1. The van der Waals surface area contributed by atoms with Gasteiger partial charge >= 0.3 is 0 Å². The molecule has 0 fully saturated rings. The molecule has 2 rings (SSSR count). The Bertz CT molecular complexity index is 611. The minimum absolute atomic E-state index is 0.0547. The van der Waals surface area contributed by atoms with Gasteiger partial charge in [-0.05, 0) is 87.5 Å². The van der Waals surface area contributed by atoms with Gasteiger partial charge in [0.25, 0.3) is 5.91 Å². The maximum Gasteiger partial charge on any atom is 0.256 e. The van der Waals surface area contributed by atoms with Crippen LogP contribution in [0.1, 0.15) is 22.8 Å². The molecule has 0 aliphatic heterocycles. The number of carbonyl (C=O) groups is 1. The van der Waals surface area contributed by atoms with E-state index in [9.17, 15) is 4.79 Å². The number of benzene rings is 2. The number of hydrogen-bond donors (Lipinski definition) is 1. The zero-order chi connectivity index (χ0) is 13.8. The highest BCUT2D eigenvalue weighted by Gasteiger charge is 2.11. The van der Waals surface area contributed by atoms with Crippen LogP contribution in [0.2, 0.25) is 0 Å². The molecule has 98 valence electrons. The highest BCUT2D eigenvalue weighted by Crippen LogP contribution is 2.21. The van der Waals surface area contributed by atoms with Crippen LogP contribution >= 0.6 is 45.2 Å². The fraction of sp³-hybridized carbons (Fsp3) is 0.133. The summed E-state index contributed by atoms with van der Waals surface area (Å²) >= 11 is 4.46. The van der Waals surface area contributed by atoms with Crippen molar-refractivity contribution in [3.63, 3.8) is 0 Å². The van der Waals surface area contributed by atoms with Crippen molar-refractivity contribution in [3.8, 4) is 0 Å². The van der Waals surface area contributed by atoms with Gasteiger partial charge in [-0.15, -0.1) is 0 Å². The topological polar surface area (TPSA) is 29.1 Å². The van der Waals surface area contributed by atoms with E-state index in [1.54, 1.807) is 0 Å². The van der Waals surface area contributed by atoms with Gasteiger partial charge in [0.15, 0.2) is 0 Å². The van der Waals surface area contributed by atoms with Gasteiger partial charge in [0, 0.05) is 12.8 Å². The second-order valence-corrected chi connectivity index (χ2v) is 6.50. The van der Waals surface area contributed by atoms with Crippen LogP contribution in [0.25, 0.3) is 0 Å². The van der Waals surface area contributed by atoms with Crippen LogP contribution in [-0.2, 0) is 6.42 Å². The molecule has 2 nitrogen and oxygen atoms in total. The van der Waals surface area contributed by atoms with E-state index >= 15 is 0 Å². The SMILES string of the molecule is CCc1cc(I)ccc1NC(=O)c1ccccc1I. The molecule has 2 aromatic rings. The Kier molecular flexibility index (Phi) is 5.20. The van der Waals surface area contributed by atoms with Crippen LogP contribution in [0.4, 0.5) is 5.69 Å². The molecule has 0 spiro atoms. The molecule has 0 bridgehead atoms. The normalized spacial score (nSPS) is 10.3. The number of nitrogens with one attached hydrogen (secondary N) is 1. The molecule has 0 saturated heterocycles. The van der Waals surface area contributed by atoms with E-state index in [1.165, 1.54) is 3.57 Å². The summed E-state index contributed by atoms with van der Waals surface area (Å²) in [5, 5.41) is 3.00. The van der Waals surface area contributed by atoms with Gasteiger partial charge in [0.05, 0.1) is 5.56 Å². The Morgan fingerprint density at radius 1 is 1.16 bits per heavy atom. The Morgan fingerprint density at radius 2 is 1.89 bits per heavy atom. The lowest BCUT2D eigenvalue weighted by Gasteiger charge is -2.11. The first kappa shape index (κ1) is 14.8. The van der Waals surface area contributed by atoms with Crippen LogP contribution in [0.15, 0.2) is 42.5 Å². The molecule has 0 saturated carbocycles. The van der Waals surface area contributed by atoms with E-state index in [0.717, 1.165) is 21.2 Å². The fourth-order valence-corrected chi connectivity index (χ4v) is 3.00. The minimum atomic E-state index is -0.0547. The average Bonchev–Trinajstić information content (AvgIpc) is 2.41. The van der Waals surface area contributed by atoms with Crippen molar-refractivity contribution in [1.82, 2.24) is 0 Å². The van der Waals surface area contributed by atoms with E-state index in [1.807, 2.05) is 36.4 Å². The molecule has 0 aliphatic carbocycles. The van der Waals surface area contributed by atoms with Crippen molar-refractivity contribution in [3.05, 3.63) is 60.7 Å². The lowest BCUT2D eigenvalue weighted by molar-refractivity contribution is 0.102. The molecule has 2 aromatic carbocycles. The summed E-state index contributed by atoms with van der Waals surface area (Å²) in [7, 11) is 0. The highest BCUT2D eigenvalue weighted by molar-refractivity contribution is 14.1. The third kappa shape index (κ3) is 3.68. The zero-order valence-electron chi connectivity index (χ0n) is 10.4. The van der Waals surface area contributed by atoms with Crippen molar-refractivity contribution in [2.45, 2.75) is 13.3 Å². The van der Waals surface area contributed by atoms with E-state index < -0.39 is 0 Å². The molecule has 0 heterocycles. The zero-order valence-corrected chi connectivity index (χ0v) is 14.7. The van der Waals surface area contributed by atoms with Gasteiger partial charge in [0.1, 0.15) is 0 Å². The van der Waals surface area contributed by atoms with Gasteiger partial charge in [-0.2, -0.15) is 0 Å². The quantitative estimate of drug-likeness (QED) is 0.638. The van der Waals surface area contributed by atoms with Crippen LogP contribution in [0, 0.1) is 7.14 Å². The molecule has 0 radical (unpaired) electrons. The van der Waals surface area contributed by atoms with Gasteiger partial charge < -0.3 is 5.32 Å². The van der Waals surface area contributed by atoms with Crippen LogP contribution in [0.3, 0.4) is 0 Å². The summed E-state index contributed by atoms with van der Waals surface area (Å²) in [4.78, 5) is 12.3. The maximum atomic E-state index is 12.3. The summed E-state index contributed by atoms with van der Waals surface area (Å²) in [5.41, 5.74) is 2.77. The molecule has 0 unspecified atom stereocenters. The Morgan fingerprint density at radius 3 is 2.58 bits per heavy atom. The predicted molar refractivity (Wildman–Crippen MR) is 95.6 cm³/mol. The Labute approximate surface area is 140 Å². The van der Waals surface area contributed by atoms with Gasteiger partial charge in [0.2, 0.25) is 0 Å². The maximum absolute atomic E-state index is 12.3. The van der Waals surface area contributed by atoms with E-state index in [-0.39, 0.29) is 5.91 Å². The monoisotopic (exact) mass is 477 g/mol. The average molecular weight is 477 g/mol. The first-order chi connectivity index (χ1) is 9.11. The minimum Gasteiger partial charge on any atom is -0.322 e. The van der Waals surface area contributed by atoms with Crippen molar-refractivity contribution in [2.75, 3.05) is 5.32 Å². The number of amides is 1. The van der Waals surface area contributed by atoms with Crippen molar-refractivity contribution in [1.29, 1.82) is 0 Å². The second kappa shape index (κ2) is 6.69. The number of hydrogen-bond acceptors (Lipinski definition) is 1.